The molecule has 0 saturated heterocycles. The van der Waals surface area contributed by atoms with Crippen LogP contribution in [0, 0.1) is 5.41 Å². The molecule has 0 aromatic carbocycles. The highest BCUT2D eigenvalue weighted by Gasteiger charge is 2.50. The maximum absolute atomic E-state index is 5.92. The molecule has 1 fully saturated rings. The summed E-state index contributed by atoms with van der Waals surface area (Å²) in [6.07, 6.45) is 2.53. The van der Waals surface area contributed by atoms with E-state index >= 15 is 0 Å². The monoisotopic (exact) mass is 288 g/mol. The first kappa shape index (κ1) is 11.6. The molecular formula is C11H17BrN2S. The average Bonchev–Trinajstić information content (AvgIpc) is 2.84. The van der Waals surface area contributed by atoms with Crippen molar-refractivity contribution in [3.63, 3.8) is 0 Å². The highest BCUT2D eigenvalue weighted by Crippen LogP contribution is 2.57. The van der Waals surface area contributed by atoms with Gasteiger partial charge in [-0.3, -0.25) is 0 Å². The van der Waals surface area contributed by atoms with Crippen molar-refractivity contribution in [2.75, 3.05) is 20.6 Å². The van der Waals surface area contributed by atoms with Crippen LogP contribution in [0.4, 0.5) is 0 Å². The van der Waals surface area contributed by atoms with E-state index in [1.54, 1.807) is 0 Å². The van der Waals surface area contributed by atoms with Crippen molar-refractivity contribution in [3.8, 4) is 0 Å². The summed E-state index contributed by atoms with van der Waals surface area (Å²) in [5.74, 6) is 0. The zero-order valence-corrected chi connectivity index (χ0v) is 11.6. The summed E-state index contributed by atoms with van der Waals surface area (Å²) in [4.78, 5) is 3.73. The second kappa shape index (κ2) is 4.17. The predicted octanol–water partition coefficient (Wildman–Crippen LogP) is 2.85. The lowest BCUT2D eigenvalue weighted by molar-refractivity contribution is 0.202. The van der Waals surface area contributed by atoms with E-state index in [0.29, 0.717) is 11.5 Å². The van der Waals surface area contributed by atoms with E-state index in [-0.39, 0.29) is 0 Å². The Morgan fingerprint density at radius 1 is 1.53 bits per heavy atom. The fourth-order valence-corrected chi connectivity index (χ4v) is 4.09. The molecule has 1 atom stereocenters. The van der Waals surface area contributed by atoms with Gasteiger partial charge in [0.15, 0.2) is 0 Å². The smallest absolute Gasteiger partial charge is 0.0701 e. The van der Waals surface area contributed by atoms with Gasteiger partial charge in [-0.1, -0.05) is 0 Å². The molecule has 1 aromatic rings. The van der Waals surface area contributed by atoms with E-state index in [4.69, 9.17) is 5.73 Å². The Hall–Kier alpha value is 0.1000. The first-order chi connectivity index (χ1) is 7.09. The molecule has 2 rings (SSSR count). The average molecular weight is 289 g/mol. The summed E-state index contributed by atoms with van der Waals surface area (Å²) >= 11 is 5.35. The quantitative estimate of drug-likeness (QED) is 0.923. The Kier molecular flexibility index (Phi) is 3.22. The number of thiophene rings is 1. The topological polar surface area (TPSA) is 29.3 Å². The van der Waals surface area contributed by atoms with Crippen LogP contribution >= 0.6 is 27.3 Å². The van der Waals surface area contributed by atoms with Gasteiger partial charge < -0.3 is 10.6 Å². The molecule has 84 valence electrons. The van der Waals surface area contributed by atoms with Crippen molar-refractivity contribution in [3.05, 3.63) is 20.8 Å². The zero-order valence-electron chi connectivity index (χ0n) is 9.16. The minimum absolute atomic E-state index is 0.341. The predicted molar refractivity (Wildman–Crippen MR) is 69.2 cm³/mol. The fraction of sp³-hybridized carbons (Fsp3) is 0.636. The van der Waals surface area contributed by atoms with Crippen LogP contribution in [0.3, 0.4) is 0 Å². The first-order valence-electron chi connectivity index (χ1n) is 5.21. The summed E-state index contributed by atoms with van der Waals surface area (Å²) in [5, 5.41) is 0. The van der Waals surface area contributed by atoms with Crippen LogP contribution in [0.15, 0.2) is 15.9 Å². The molecule has 0 bridgehead atoms. The summed E-state index contributed by atoms with van der Waals surface area (Å²) in [5.41, 5.74) is 6.26. The fourth-order valence-electron chi connectivity index (χ4n) is 2.33. The summed E-state index contributed by atoms with van der Waals surface area (Å²) < 4.78 is 1.21. The third-order valence-electron chi connectivity index (χ3n) is 3.26. The maximum Gasteiger partial charge on any atom is 0.0701 e. The van der Waals surface area contributed by atoms with Crippen LogP contribution in [-0.2, 0) is 0 Å². The number of halogens is 1. The largest absolute Gasteiger partial charge is 0.330 e. The minimum Gasteiger partial charge on any atom is -0.330 e. The molecule has 1 aliphatic carbocycles. The number of rotatable bonds is 4. The van der Waals surface area contributed by atoms with Crippen LogP contribution in [0.25, 0.3) is 0 Å². The van der Waals surface area contributed by atoms with Crippen molar-refractivity contribution in [1.29, 1.82) is 0 Å². The molecule has 4 heteroatoms. The van der Waals surface area contributed by atoms with Gasteiger partial charge in [-0.15, -0.1) is 11.3 Å². The second-order valence-corrected chi connectivity index (χ2v) is 7.07. The molecule has 15 heavy (non-hydrogen) atoms. The van der Waals surface area contributed by atoms with Gasteiger partial charge in [-0.25, -0.2) is 0 Å². The van der Waals surface area contributed by atoms with Crippen molar-refractivity contribution < 1.29 is 0 Å². The molecule has 0 spiro atoms. The second-order valence-electron chi connectivity index (χ2n) is 4.57. The number of hydrogen-bond acceptors (Lipinski definition) is 3. The van der Waals surface area contributed by atoms with Crippen molar-refractivity contribution >= 4 is 27.3 Å². The van der Waals surface area contributed by atoms with E-state index in [9.17, 15) is 0 Å². The van der Waals surface area contributed by atoms with E-state index < -0.39 is 0 Å². The Morgan fingerprint density at radius 2 is 2.20 bits per heavy atom. The van der Waals surface area contributed by atoms with Gasteiger partial charge in [0.25, 0.3) is 0 Å². The summed E-state index contributed by atoms with van der Waals surface area (Å²) in [6.45, 7) is 0.797. The van der Waals surface area contributed by atoms with Crippen LogP contribution in [0.5, 0.6) is 0 Å². The summed E-state index contributed by atoms with van der Waals surface area (Å²) in [6, 6.07) is 4.83. The van der Waals surface area contributed by atoms with Crippen LogP contribution < -0.4 is 5.73 Å². The van der Waals surface area contributed by atoms with E-state index in [1.807, 2.05) is 11.3 Å². The molecule has 1 aliphatic rings. The molecular weight excluding hydrogens is 272 g/mol. The molecule has 2 nitrogen and oxygen atoms in total. The van der Waals surface area contributed by atoms with Gasteiger partial charge in [0.2, 0.25) is 0 Å². The first-order valence-corrected chi connectivity index (χ1v) is 6.82. The van der Waals surface area contributed by atoms with Crippen LogP contribution in [0.1, 0.15) is 23.8 Å². The van der Waals surface area contributed by atoms with Crippen LogP contribution in [0.2, 0.25) is 0 Å². The standard InChI is InChI=1S/C11H17BrN2S/c1-14(2)10(11(7-13)5-6-11)8-3-4-9(12)15-8/h3-4,10H,5-7,13H2,1-2H3. The molecule has 1 saturated carbocycles. The number of nitrogens with two attached hydrogens (primary N) is 1. The van der Waals surface area contributed by atoms with Crippen LogP contribution in [-0.4, -0.2) is 25.5 Å². The highest BCUT2D eigenvalue weighted by molar-refractivity contribution is 9.11. The third-order valence-corrected chi connectivity index (χ3v) is 4.93. The number of hydrogen-bond donors (Lipinski definition) is 1. The third kappa shape index (κ3) is 2.13. The van der Waals surface area contributed by atoms with Gasteiger partial charge >= 0.3 is 0 Å². The van der Waals surface area contributed by atoms with Gasteiger partial charge in [0, 0.05) is 10.3 Å². The zero-order chi connectivity index (χ0) is 11.1. The highest BCUT2D eigenvalue weighted by atomic mass is 79.9. The van der Waals surface area contributed by atoms with Crippen molar-refractivity contribution in [1.82, 2.24) is 4.90 Å². The molecule has 0 radical (unpaired) electrons. The Balaban J connectivity index is 2.28. The molecule has 1 unspecified atom stereocenters. The normalized spacial score (nSPS) is 20.6. The lowest BCUT2D eigenvalue weighted by Gasteiger charge is -2.31. The molecule has 1 heterocycles. The Morgan fingerprint density at radius 3 is 2.53 bits per heavy atom. The van der Waals surface area contributed by atoms with Gasteiger partial charge in [-0.05, 0) is 61.5 Å². The van der Waals surface area contributed by atoms with E-state index in [1.165, 1.54) is 21.5 Å². The van der Waals surface area contributed by atoms with Gasteiger partial charge in [-0.2, -0.15) is 0 Å². The van der Waals surface area contributed by atoms with E-state index in [0.717, 1.165) is 6.54 Å². The Labute approximate surface area is 104 Å². The summed E-state index contributed by atoms with van der Waals surface area (Å²) in [7, 11) is 4.29. The molecule has 0 aliphatic heterocycles. The lowest BCUT2D eigenvalue weighted by atomic mass is 9.94. The van der Waals surface area contributed by atoms with E-state index in [2.05, 4.69) is 47.1 Å². The SMILES string of the molecule is CN(C)C(c1ccc(Br)s1)C1(CN)CC1. The minimum atomic E-state index is 0.341. The van der Waals surface area contributed by atoms with Crippen molar-refractivity contribution in [2.24, 2.45) is 11.1 Å². The van der Waals surface area contributed by atoms with Crippen molar-refractivity contribution in [2.45, 2.75) is 18.9 Å². The molecule has 2 N–H and O–H groups in total. The lowest BCUT2D eigenvalue weighted by Crippen LogP contribution is -2.32. The maximum atomic E-state index is 5.92. The Bertz CT molecular complexity index is 344. The van der Waals surface area contributed by atoms with Gasteiger partial charge in [0.1, 0.15) is 0 Å². The molecule has 0 amide bonds. The molecule has 1 aromatic heterocycles. The van der Waals surface area contributed by atoms with Gasteiger partial charge in [0.05, 0.1) is 9.83 Å². The number of nitrogens with zero attached hydrogens (tertiary/aromatic N) is 1.